The van der Waals surface area contributed by atoms with E-state index in [0.29, 0.717) is 13.1 Å². The van der Waals surface area contributed by atoms with Crippen molar-refractivity contribution in [2.45, 2.75) is 0 Å². The summed E-state index contributed by atoms with van der Waals surface area (Å²) >= 11 is 10.1. The maximum Gasteiger partial charge on any atom is 0.187 e. The molecule has 2 nitrogen and oxygen atoms in total. The van der Waals surface area contributed by atoms with E-state index in [1.54, 1.807) is 22.7 Å². The van der Waals surface area contributed by atoms with Crippen LogP contribution in [0.2, 0.25) is 0 Å². The van der Waals surface area contributed by atoms with Crippen LogP contribution >= 0.6 is 54.5 Å². The molecule has 0 spiro atoms. The van der Waals surface area contributed by atoms with Crippen LogP contribution in [0.25, 0.3) is 12.2 Å². The summed E-state index contributed by atoms with van der Waals surface area (Å²) in [5.41, 5.74) is 1.63. The van der Waals surface area contributed by atoms with Gasteiger partial charge in [-0.2, -0.15) is 0 Å². The lowest BCUT2D eigenvalue weighted by molar-refractivity contribution is -0.112. The monoisotopic (exact) mass is 443 g/mol. The van der Waals surface area contributed by atoms with E-state index < -0.39 is 0 Å². The first kappa shape index (κ1) is 15.4. The van der Waals surface area contributed by atoms with Crippen molar-refractivity contribution in [2.24, 2.45) is 0 Å². The van der Waals surface area contributed by atoms with Gasteiger partial charge < -0.3 is 5.32 Å². The minimum absolute atomic E-state index is 0.141. The van der Waals surface area contributed by atoms with E-state index in [1.807, 2.05) is 36.4 Å². The van der Waals surface area contributed by atoms with Gasteiger partial charge >= 0.3 is 0 Å². The molecule has 21 heavy (non-hydrogen) atoms. The lowest BCUT2D eigenvalue weighted by atomic mass is 9.98. The van der Waals surface area contributed by atoms with Crippen molar-refractivity contribution < 1.29 is 4.79 Å². The number of ketones is 1. The molecule has 0 radical (unpaired) electrons. The molecule has 0 aliphatic carbocycles. The van der Waals surface area contributed by atoms with Crippen molar-refractivity contribution in [3.8, 4) is 0 Å². The average Bonchev–Trinajstić information content (AvgIpc) is 3.03. The van der Waals surface area contributed by atoms with Gasteiger partial charge in [-0.15, -0.1) is 22.7 Å². The Morgan fingerprint density at radius 2 is 1.38 bits per heavy atom. The number of Topliss-reactive ketones (excluding diaryl/α,β-unsaturated/α-hetero) is 1. The third-order valence-electron chi connectivity index (χ3n) is 3.04. The van der Waals surface area contributed by atoms with Gasteiger partial charge in [0.25, 0.3) is 0 Å². The summed E-state index contributed by atoms with van der Waals surface area (Å²) in [5.74, 6) is 0.141. The highest BCUT2D eigenvalue weighted by atomic mass is 79.9. The normalized spacial score (nSPS) is 19.6. The molecule has 0 amide bonds. The van der Waals surface area contributed by atoms with Gasteiger partial charge in [0.15, 0.2) is 5.78 Å². The fourth-order valence-electron chi connectivity index (χ4n) is 2.09. The van der Waals surface area contributed by atoms with Gasteiger partial charge in [0.05, 0.1) is 7.57 Å². The van der Waals surface area contributed by atoms with Crippen LogP contribution in [0.3, 0.4) is 0 Å². The summed E-state index contributed by atoms with van der Waals surface area (Å²) in [6.45, 7) is 1.25. The van der Waals surface area contributed by atoms with Crippen molar-refractivity contribution in [1.82, 2.24) is 5.32 Å². The molecule has 1 saturated heterocycles. The van der Waals surface area contributed by atoms with E-state index in [2.05, 4.69) is 37.2 Å². The molecule has 1 aliphatic heterocycles. The number of halogens is 2. The molecule has 2 aromatic heterocycles. The number of thiophene rings is 2. The molecule has 0 unspecified atom stereocenters. The van der Waals surface area contributed by atoms with Crippen LogP contribution in [-0.4, -0.2) is 18.9 Å². The first-order chi connectivity index (χ1) is 10.1. The molecule has 0 atom stereocenters. The minimum atomic E-state index is 0.141. The summed E-state index contributed by atoms with van der Waals surface area (Å²) in [7, 11) is 0. The van der Waals surface area contributed by atoms with Gasteiger partial charge in [0.1, 0.15) is 0 Å². The molecule has 108 valence electrons. The molecule has 2 aromatic rings. The Balaban J connectivity index is 1.87. The molecule has 0 aromatic carbocycles. The number of piperidine rings is 1. The fraction of sp³-hybridized carbons (Fsp3) is 0.133. The summed E-state index contributed by atoms with van der Waals surface area (Å²) in [4.78, 5) is 14.7. The first-order valence-electron chi connectivity index (χ1n) is 6.29. The molecular formula is C15H11Br2NOS2. The predicted molar refractivity (Wildman–Crippen MR) is 97.9 cm³/mol. The zero-order valence-corrected chi connectivity index (χ0v) is 15.7. The largest absolute Gasteiger partial charge is 0.308 e. The maximum atomic E-state index is 12.6. The van der Waals surface area contributed by atoms with Crippen molar-refractivity contribution >= 4 is 72.5 Å². The number of carbonyl (C=O) groups excluding carboxylic acids is 1. The summed E-state index contributed by atoms with van der Waals surface area (Å²) in [5, 5.41) is 3.30. The van der Waals surface area contributed by atoms with Gasteiger partial charge in [-0.25, -0.2) is 0 Å². The maximum absolute atomic E-state index is 12.6. The number of carbonyl (C=O) groups is 1. The van der Waals surface area contributed by atoms with Crippen LogP contribution < -0.4 is 5.32 Å². The topological polar surface area (TPSA) is 29.1 Å². The zero-order chi connectivity index (χ0) is 14.8. The van der Waals surface area contributed by atoms with Gasteiger partial charge in [-0.05, 0) is 68.3 Å². The van der Waals surface area contributed by atoms with Crippen molar-refractivity contribution in [2.75, 3.05) is 13.1 Å². The molecule has 1 fully saturated rings. The molecule has 0 bridgehead atoms. The van der Waals surface area contributed by atoms with E-state index in [4.69, 9.17) is 0 Å². The Morgan fingerprint density at radius 1 is 0.905 bits per heavy atom. The van der Waals surface area contributed by atoms with Crippen LogP contribution in [0.4, 0.5) is 0 Å². The van der Waals surface area contributed by atoms with Gasteiger partial charge in [-0.1, -0.05) is 0 Å². The number of rotatable bonds is 2. The van der Waals surface area contributed by atoms with Crippen LogP contribution in [0.1, 0.15) is 9.75 Å². The standard InChI is InChI=1S/C15H11Br2NOS2/c16-13-3-1-11(20-13)5-9-7-18-8-10(15(9)19)6-12-2-4-14(17)21-12/h1-6,18H,7-8H2/b9-5+,10-6+. The summed E-state index contributed by atoms with van der Waals surface area (Å²) < 4.78 is 2.15. The second-order valence-corrected chi connectivity index (χ2v) is 9.54. The Bertz CT molecular complexity index is 682. The van der Waals surface area contributed by atoms with Crippen molar-refractivity contribution in [1.29, 1.82) is 0 Å². The Labute approximate surface area is 147 Å². The molecular weight excluding hydrogens is 434 g/mol. The molecule has 3 heterocycles. The van der Waals surface area contributed by atoms with Crippen LogP contribution in [-0.2, 0) is 4.79 Å². The van der Waals surface area contributed by atoms with E-state index in [1.165, 1.54) is 0 Å². The highest BCUT2D eigenvalue weighted by Gasteiger charge is 2.20. The van der Waals surface area contributed by atoms with E-state index in [-0.39, 0.29) is 5.78 Å². The lowest BCUT2D eigenvalue weighted by Crippen LogP contribution is -2.32. The van der Waals surface area contributed by atoms with Crippen molar-refractivity contribution in [3.63, 3.8) is 0 Å². The quantitative estimate of drug-likeness (QED) is 0.662. The van der Waals surface area contributed by atoms with Crippen LogP contribution in [0.15, 0.2) is 43.0 Å². The number of nitrogens with one attached hydrogen (secondary N) is 1. The van der Waals surface area contributed by atoms with Crippen LogP contribution in [0.5, 0.6) is 0 Å². The SMILES string of the molecule is O=C1/C(=C/c2ccc(Br)s2)CNC/C1=C\c1ccc(Br)s1. The Kier molecular flexibility index (Phi) is 4.91. The molecule has 0 saturated carbocycles. The second kappa shape index (κ2) is 6.71. The summed E-state index contributed by atoms with van der Waals surface area (Å²) in [6, 6.07) is 8.03. The summed E-state index contributed by atoms with van der Waals surface area (Å²) in [6.07, 6.45) is 3.95. The third-order valence-corrected chi connectivity index (χ3v) is 6.18. The zero-order valence-electron chi connectivity index (χ0n) is 10.9. The fourth-order valence-corrected chi connectivity index (χ4v) is 4.87. The smallest absolute Gasteiger partial charge is 0.187 e. The highest BCUT2D eigenvalue weighted by Crippen LogP contribution is 2.27. The van der Waals surface area contributed by atoms with Crippen LogP contribution in [0, 0.1) is 0 Å². The lowest BCUT2D eigenvalue weighted by Gasteiger charge is -2.17. The van der Waals surface area contributed by atoms with Crippen molar-refractivity contribution in [3.05, 3.63) is 52.7 Å². The predicted octanol–water partition coefficient (Wildman–Crippen LogP) is 4.97. The number of hydrogen-bond donors (Lipinski definition) is 1. The van der Waals surface area contributed by atoms with Gasteiger partial charge in [0, 0.05) is 34.0 Å². The van der Waals surface area contributed by atoms with E-state index in [0.717, 1.165) is 28.5 Å². The molecule has 6 heteroatoms. The first-order valence-corrected chi connectivity index (χ1v) is 9.51. The van der Waals surface area contributed by atoms with E-state index >= 15 is 0 Å². The van der Waals surface area contributed by atoms with Gasteiger partial charge in [0.2, 0.25) is 0 Å². The number of hydrogen-bond acceptors (Lipinski definition) is 4. The molecule has 1 aliphatic rings. The molecule has 1 N–H and O–H groups in total. The minimum Gasteiger partial charge on any atom is -0.308 e. The van der Waals surface area contributed by atoms with Gasteiger partial charge in [-0.3, -0.25) is 4.79 Å². The average molecular weight is 445 g/mol. The molecule has 3 rings (SSSR count). The second-order valence-electron chi connectivity index (χ2n) is 4.56. The highest BCUT2D eigenvalue weighted by molar-refractivity contribution is 9.11. The Hall–Kier alpha value is -0.530. The van der Waals surface area contributed by atoms with E-state index in [9.17, 15) is 4.79 Å². The Morgan fingerprint density at radius 3 is 1.76 bits per heavy atom. The third kappa shape index (κ3) is 3.81.